The molecule has 2 aliphatic rings. The highest BCUT2D eigenvalue weighted by Gasteiger charge is 2.42. The van der Waals surface area contributed by atoms with E-state index in [9.17, 15) is 18.0 Å². The summed E-state index contributed by atoms with van der Waals surface area (Å²) in [6, 6.07) is 10.8. The molecule has 0 bridgehead atoms. The van der Waals surface area contributed by atoms with Gasteiger partial charge < -0.3 is 9.47 Å². The number of alkyl halides is 2. The lowest BCUT2D eigenvalue weighted by Crippen LogP contribution is -2.35. The van der Waals surface area contributed by atoms with Gasteiger partial charge in [-0.15, -0.1) is 0 Å². The fourth-order valence-electron chi connectivity index (χ4n) is 3.08. The van der Waals surface area contributed by atoms with E-state index in [4.69, 9.17) is 14.9 Å². The van der Waals surface area contributed by atoms with Crippen LogP contribution in [0.3, 0.4) is 0 Å². The van der Waals surface area contributed by atoms with Crippen LogP contribution in [-0.2, 0) is 11.4 Å². The van der Waals surface area contributed by atoms with E-state index in [2.05, 4.69) is 10.1 Å². The molecule has 0 aromatic heterocycles. The van der Waals surface area contributed by atoms with Gasteiger partial charge in [0.05, 0.1) is 12.2 Å². The monoisotopic (exact) mass is 488 g/mol. The number of carbonyl (C=O) groups excluding carboxylic acids is 1. The number of hydrazone groups is 1. The maximum atomic E-state index is 13.6. The summed E-state index contributed by atoms with van der Waals surface area (Å²) in [7, 11) is 0. The lowest BCUT2D eigenvalue weighted by molar-refractivity contribution is -0.114. The van der Waals surface area contributed by atoms with Gasteiger partial charge in [-0.2, -0.15) is 23.9 Å². The second-order valence-corrected chi connectivity index (χ2v) is 8.32. The number of nitrogens with one attached hydrogen (secondary N) is 1. The minimum Gasteiger partial charge on any atom is -0.490 e. The van der Waals surface area contributed by atoms with E-state index in [1.165, 1.54) is 18.2 Å². The number of rotatable bonds is 7. The molecule has 176 valence electrons. The van der Waals surface area contributed by atoms with Gasteiger partial charge in [0.25, 0.3) is 11.8 Å². The van der Waals surface area contributed by atoms with Crippen molar-refractivity contribution in [2.45, 2.75) is 26.4 Å². The van der Waals surface area contributed by atoms with Gasteiger partial charge in [0.1, 0.15) is 12.4 Å². The van der Waals surface area contributed by atoms with Crippen molar-refractivity contribution in [3.8, 4) is 11.5 Å². The standard InChI is InChI=1S/C23H19F3N4O3S/c1-3-32-18-11-14(6-9-17(18)33-12-13-4-7-15(24)8-5-13)10-16-19(27)30-22(28-20(16)31)34-21(29-30)23(2,25)26/h4-11,27H,3,12H2,1-2H3. The zero-order valence-corrected chi connectivity index (χ0v) is 19.0. The highest BCUT2D eigenvalue weighted by molar-refractivity contribution is 8.27. The lowest BCUT2D eigenvalue weighted by Gasteiger charge is -2.20. The van der Waals surface area contributed by atoms with Crippen molar-refractivity contribution in [1.29, 1.82) is 5.41 Å². The largest absolute Gasteiger partial charge is 0.490 e. The van der Waals surface area contributed by atoms with Crippen LogP contribution < -0.4 is 9.47 Å². The molecule has 0 radical (unpaired) electrons. The number of aliphatic imine (C=N–C) groups is 1. The van der Waals surface area contributed by atoms with Crippen molar-refractivity contribution in [2.24, 2.45) is 10.1 Å². The number of amides is 1. The zero-order chi connectivity index (χ0) is 24.5. The Balaban J connectivity index is 1.58. The topological polar surface area (TPSA) is 87.3 Å². The molecular formula is C23H19F3N4O3S. The van der Waals surface area contributed by atoms with Crippen LogP contribution in [0.2, 0.25) is 0 Å². The maximum Gasteiger partial charge on any atom is 0.295 e. The molecule has 0 spiro atoms. The van der Waals surface area contributed by atoms with Crippen molar-refractivity contribution in [1.82, 2.24) is 5.01 Å². The normalized spacial score (nSPS) is 17.0. The predicted octanol–water partition coefficient (Wildman–Crippen LogP) is 5.08. The molecule has 0 atom stereocenters. The van der Waals surface area contributed by atoms with E-state index in [1.54, 1.807) is 37.3 Å². The van der Waals surface area contributed by atoms with Crippen LogP contribution in [0, 0.1) is 11.2 Å². The van der Waals surface area contributed by atoms with Gasteiger partial charge in [-0.25, -0.2) is 4.39 Å². The van der Waals surface area contributed by atoms with E-state index in [-0.39, 0.29) is 29.0 Å². The van der Waals surface area contributed by atoms with E-state index >= 15 is 0 Å². The third kappa shape index (κ3) is 4.98. The lowest BCUT2D eigenvalue weighted by atomic mass is 10.1. The Morgan fingerprint density at radius 2 is 1.88 bits per heavy atom. The molecule has 1 N–H and O–H groups in total. The molecule has 0 saturated carbocycles. The first-order valence-corrected chi connectivity index (χ1v) is 11.0. The Morgan fingerprint density at radius 3 is 2.56 bits per heavy atom. The summed E-state index contributed by atoms with van der Waals surface area (Å²) in [6.07, 6.45) is 1.42. The van der Waals surface area contributed by atoms with Crippen molar-refractivity contribution < 1.29 is 27.4 Å². The predicted molar refractivity (Wildman–Crippen MR) is 124 cm³/mol. The number of amidine groups is 2. The molecule has 0 fully saturated rings. The Morgan fingerprint density at radius 1 is 1.15 bits per heavy atom. The number of thioether (sulfide) groups is 1. The number of nitrogens with zero attached hydrogens (tertiary/aromatic N) is 3. The van der Waals surface area contributed by atoms with Crippen LogP contribution in [0.1, 0.15) is 25.0 Å². The molecule has 4 rings (SSSR count). The highest BCUT2D eigenvalue weighted by Crippen LogP contribution is 2.35. The minimum atomic E-state index is -3.21. The SMILES string of the molecule is CCOc1cc(C=C2C(=N)N3N=C(C(C)(F)F)SC3=NC2=O)ccc1OCc1ccc(F)cc1. The summed E-state index contributed by atoms with van der Waals surface area (Å²) in [5, 5.41) is 12.4. The molecule has 0 unspecified atom stereocenters. The molecule has 2 heterocycles. The summed E-state index contributed by atoms with van der Waals surface area (Å²) < 4.78 is 51.8. The molecule has 2 aromatic rings. The Labute approximate surface area is 197 Å². The Kier molecular flexibility index (Phi) is 6.47. The smallest absolute Gasteiger partial charge is 0.295 e. The van der Waals surface area contributed by atoms with Gasteiger partial charge in [0.2, 0.25) is 5.17 Å². The first-order chi connectivity index (χ1) is 16.2. The summed E-state index contributed by atoms with van der Waals surface area (Å²) in [5.74, 6) is -3.79. The van der Waals surface area contributed by atoms with Crippen LogP contribution in [-0.4, -0.2) is 39.5 Å². The Bertz CT molecular complexity index is 1240. The number of carbonyl (C=O) groups is 1. The van der Waals surface area contributed by atoms with Crippen LogP contribution >= 0.6 is 11.8 Å². The van der Waals surface area contributed by atoms with Gasteiger partial charge in [-0.05, 0) is 60.2 Å². The summed E-state index contributed by atoms with van der Waals surface area (Å²) in [6.45, 7) is 3.03. The number of benzene rings is 2. The van der Waals surface area contributed by atoms with Crippen molar-refractivity contribution in [3.63, 3.8) is 0 Å². The number of hydrogen-bond donors (Lipinski definition) is 1. The van der Waals surface area contributed by atoms with E-state index in [0.29, 0.717) is 42.4 Å². The van der Waals surface area contributed by atoms with Crippen LogP contribution in [0.25, 0.3) is 6.08 Å². The highest BCUT2D eigenvalue weighted by atomic mass is 32.2. The van der Waals surface area contributed by atoms with Crippen LogP contribution in [0.15, 0.2) is 58.1 Å². The molecule has 0 aliphatic carbocycles. The Hall–Kier alpha value is -3.60. The molecule has 7 nitrogen and oxygen atoms in total. The summed E-state index contributed by atoms with van der Waals surface area (Å²) in [4.78, 5) is 16.3. The average Bonchev–Trinajstić information content (AvgIpc) is 3.22. The van der Waals surface area contributed by atoms with E-state index in [0.717, 1.165) is 10.6 Å². The molecular weight excluding hydrogens is 469 g/mol. The number of ether oxygens (including phenoxy) is 2. The summed E-state index contributed by atoms with van der Waals surface area (Å²) in [5.41, 5.74) is 1.18. The minimum absolute atomic E-state index is 0.0804. The fraction of sp³-hybridized carbons (Fsp3) is 0.217. The van der Waals surface area contributed by atoms with E-state index in [1.807, 2.05) is 0 Å². The quantitative estimate of drug-likeness (QED) is 0.550. The third-order valence-corrected chi connectivity index (χ3v) is 5.80. The third-order valence-electron chi connectivity index (χ3n) is 4.72. The van der Waals surface area contributed by atoms with Crippen molar-refractivity contribution in [3.05, 3.63) is 65.0 Å². The molecule has 1 amide bonds. The number of fused-ring (bicyclic) bond motifs is 1. The van der Waals surface area contributed by atoms with Gasteiger partial charge in [0.15, 0.2) is 22.4 Å². The number of hydrogen-bond acceptors (Lipinski definition) is 6. The van der Waals surface area contributed by atoms with Gasteiger partial charge in [-0.1, -0.05) is 18.2 Å². The second-order valence-electron chi connectivity index (χ2n) is 7.37. The summed E-state index contributed by atoms with van der Waals surface area (Å²) >= 11 is 0.562. The molecule has 2 aromatic carbocycles. The second kappa shape index (κ2) is 9.34. The average molecular weight is 488 g/mol. The molecule has 11 heteroatoms. The molecule has 2 aliphatic heterocycles. The molecule has 0 saturated heterocycles. The van der Waals surface area contributed by atoms with Gasteiger partial charge >= 0.3 is 0 Å². The zero-order valence-electron chi connectivity index (χ0n) is 18.1. The van der Waals surface area contributed by atoms with E-state index < -0.39 is 16.9 Å². The van der Waals surface area contributed by atoms with Crippen molar-refractivity contribution >= 4 is 39.8 Å². The molecule has 34 heavy (non-hydrogen) atoms. The van der Waals surface area contributed by atoms with Gasteiger partial charge in [-0.3, -0.25) is 10.2 Å². The first-order valence-electron chi connectivity index (χ1n) is 10.2. The number of halogens is 3. The van der Waals surface area contributed by atoms with Crippen LogP contribution in [0.4, 0.5) is 13.2 Å². The first kappa shape index (κ1) is 23.6. The van der Waals surface area contributed by atoms with Crippen LogP contribution in [0.5, 0.6) is 11.5 Å². The fourth-order valence-corrected chi connectivity index (χ4v) is 3.90. The van der Waals surface area contributed by atoms with Crippen molar-refractivity contribution in [2.75, 3.05) is 6.61 Å². The van der Waals surface area contributed by atoms with Gasteiger partial charge in [0, 0.05) is 6.92 Å². The maximum absolute atomic E-state index is 13.6.